The predicted octanol–water partition coefficient (Wildman–Crippen LogP) is 2.10. The zero-order chi connectivity index (χ0) is 12.9. The van der Waals surface area contributed by atoms with E-state index in [4.69, 9.17) is 8.85 Å². The zero-order valence-electron chi connectivity index (χ0n) is 11.5. The van der Waals surface area contributed by atoms with Crippen LogP contribution in [0.2, 0.25) is 6.04 Å². The summed E-state index contributed by atoms with van der Waals surface area (Å²) in [5.74, 6) is 0. The maximum absolute atomic E-state index is 5.72. The van der Waals surface area contributed by atoms with Crippen LogP contribution in [-0.2, 0) is 8.85 Å². The standard InChI is InChI=1S/C13H23NO2Si/c1-6-11-17(15-4,16-5)13-9-7-12(8-10-13)14(2)3/h7-10H,6,11H2,1-5H3. The van der Waals surface area contributed by atoms with Crippen molar-refractivity contribution in [3.8, 4) is 0 Å². The van der Waals surface area contributed by atoms with Crippen molar-refractivity contribution < 1.29 is 8.85 Å². The molecule has 0 bridgehead atoms. The van der Waals surface area contributed by atoms with Crippen molar-refractivity contribution in [3.05, 3.63) is 24.3 Å². The summed E-state index contributed by atoms with van der Waals surface area (Å²) in [6.45, 7) is 2.16. The molecule has 17 heavy (non-hydrogen) atoms. The van der Waals surface area contributed by atoms with E-state index in [1.165, 1.54) is 10.9 Å². The molecule has 0 amide bonds. The minimum absolute atomic E-state index is 0.987. The highest BCUT2D eigenvalue weighted by Crippen LogP contribution is 2.17. The molecule has 1 aromatic carbocycles. The molecule has 1 rings (SSSR count). The van der Waals surface area contributed by atoms with Gasteiger partial charge in [-0.2, -0.15) is 0 Å². The Morgan fingerprint density at radius 1 is 1.06 bits per heavy atom. The van der Waals surface area contributed by atoms with Crippen LogP contribution in [0.15, 0.2) is 24.3 Å². The van der Waals surface area contributed by atoms with E-state index in [0.717, 1.165) is 12.5 Å². The summed E-state index contributed by atoms with van der Waals surface area (Å²) in [6.07, 6.45) is 1.07. The molecular formula is C13H23NO2Si. The number of anilines is 1. The molecule has 1 aromatic rings. The van der Waals surface area contributed by atoms with Gasteiger partial charge in [0.15, 0.2) is 0 Å². The van der Waals surface area contributed by atoms with Crippen molar-refractivity contribution in [2.45, 2.75) is 19.4 Å². The maximum atomic E-state index is 5.72. The molecule has 0 aliphatic carbocycles. The van der Waals surface area contributed by atoms with Crippen LogP contribution in [0.5, 0.6) is 0 Å². The summed E-state index contributed by atoms with van der Waals surface area (Å²) in [6, 6.07) is 9.48. The molecule has 0 aliphatic rings. The highest BCUT2D eigenvalue weighted by atomic mass is 28.4. The Bertz CT molecular complexity index is 334. The average Bonchev–Trinajstić information content (AvgIpc) is 2.36. The smallest absolute Gasteiger partial charge is 0.371 e. The first kappa shape index (κ1) is 14.2. The van der Waals surface area contributed by atoms with Gasteiger partial charge in [-0.3, -0.25) is 0 Å². The first-order valence-electron chi connectivity index (χ1n) is 5.97. The summed E-state index contributed by atoms with van der Waals surface area (Å²) in [5, 5.41) is 1.20. The number of nitrogens with zero attached hydrogens (tertiary/aromatic N) is 1. The normalized spacial score (nSPS) is 11.6. The molecule has 3 nitrogen and oxygen atoms in total. The largest absolute Gasteiger partial charge is 0.394 e. The van der Waals surface area contributed by atoms with Crippen molar-refractivity contribution in [1.29, 1.82) is 0 Å². The number of rotatable bonds is 6. The highest BCUT2D eigenvalue weighted by molar-refractivity contribution is 6.81. The van der Waals surface area contributed by atoms with E-state index in [9.17, 15) is 0 Å². The molecule has 0 aromatic heterocycles. The van der Waals surface area contributed by atoms with E-state index in [0.29, 0.717) is 0 Å². The van der Waals surface area contributed by atoms with E-state index in [1.807, 2.05) is 14.1 Å². The Morgan fingerprint density at radius 2 is 1.59 bits per heavy atom. The topological polar surface area (TPSA) is 21.7 Å². The van der Waals surface area contributed by atoms with Gasteiger partial charge in [0.25, 0.3) is 0 Å². The highest BCUT2D eigenvalue weighted by Gasteiger charge is 2.36. The lowest BCUT2D eigenvalue weighted by atomic mass is 10.3. The van der Waals surface area contributed by atoms with Crippen LogP contribution in [0.1, 0.15) is 13.3 Å². The van der Waals surface area contributed by atoms with Gasteiger partial charge in [-0.25, -0.2) is 0 Å². The SMILES string of the molecule is CCC[Si](OC)(OC)c1ccc(N(C)C)cc1. The number of hydrogen-bond acceptors (Lipinski definition) is 3. The van der Waals surface area contributed by atoms with Gasteiger partial charge in [0.1, 0.15) is 0 Å². The second-order valence-electron chi connectivity index (χ2n) is 4.35. The molecule has 0 unspecified atom stereocenters. The fourth-order valence-corrected chi connectivity index (χ4v) is 4.68. The molecule has 0 radical (unpaired) electrons. The Kier molecular flexibility index (Phi) is 5.18. The van der Waals surface area contributed by atoms with Crippen molar-refractivity contribution >= 4 is 19.4 Å². The molecule has 96 valence electrons. The van der Waals surface area contributed by atoms with E-state index < -0.39 is 8.56 Å². The van der Waals surface area contributed by atoms with Gasteiger partial charge >= 0.3 is 8.56 Å². The van der Waals surface area contributed by atoms with Crippen LogP contribution in [0.3, 0.4) is 0 Å². The lowest BCUT2D eigenvalue weighted by Gasteiger charge is -2.27. The van der Waals surface area contributed by atoms with E-state index in [1.54, 1.807) is 14.2 Å². The molecule has 0 spiro atoms. The zero-order valence-corrected chi connectivity index (χ0v) is 12.5. The van der Waals surface area contributed by atoms with Gasteiger partial charge in [0.05, 0.1) is 0 Å². The minimum Gasteiger partial charge on any atom is -0.394 e. The van der Waals surface area contributed by atoms with Crippen LogP contribution in [0, 0.1) is 0 Å². The minimum atomic E-state index is -2.20. The van der Waals surface area contributed by atoms with E-state index in [-0.39, 0.29) is 0 Å². The first-order valence-corrected chi connectivity index (χ1v) is 8.00. The van der Waals surface area contributed by atoms with Gasteiger partial charge in [0.2, 0.25) is 0 Å². The molecule has 0 fully saturated rings. The lowest BCUT2D eigenvalue weighted by molar-refractivity contribution is 0.257. The Morgan fingerprint density at radius 3 is 1.94 bits per heavy atom. The molecule has 0 aliphatic heterocycles. The Hall–Kier alpha value is -0.843. The van der Waals surface area contributed by atoms with Crippen molar-refractivity contribution in [2.24, 2.45) is 0 Å². The van der Waals surface area contributed by atoms with Gasteiger partial charge in [-0.15, -0.1) is 0 Å². The van der Waals surface area contributed by atoms with Crippen molar-refractivity contribution in [1.82, 2.24) is 0 Å². The molecule has 4 heteroatoms. The van der Waals surface area contributed by atoms with Crippen molar-refractivity contribution in [2.75, 3.05) is 33.2 Å². The average molecular weight is 253 g/mol. The molecule has 0 saturated carbocycles. The number of benzene rings is 1. The summed E-state index contributed by atoms with van der Waals surface area (Å²) < 4.78 is 11.4. The van der Waals surface area contributed by atoms with Crippen LogP contribution in [0.4, 0.5) is 5.69 Å². The van der Waals surface area contributed by atoms with Crippen LogP contribution >= 0.6 is 0 Å². The van der Waals surface area contributed by atoms with E-state index in [2.05, 4.69) is 36.1 Å². The quantitative estimate of drug-likeness (QED) is 0.725. The Balaban J connectivity index is 3.02. The molecule has 0 atom stereocenters. The van der Waals surface area contributed by atoms with Gasteiger partial charge in [-0.1, -0.05) is 25.5 Å². The second kappa shape index (κ2) is 6.19. The van der Waals surface area contributed by atoms with Crippen LogP contribution < -0.4 is 10.1 Å². The summed E-state index contributed by atoms with van der Waals surface area (Å²) in [5.41, 5.74) is 1.19. The summed E-state index contributed by atoms with van der Waals surface area (Å²) in [7, 11) is 5.39. The Labute approximate surface area is 106 Å². The monoisotopic (exact) mass is 253 g/mol. The lowest BCUT2D eigenvalue weighted by Crippen LogP contribution is -2.52. The predicted molar refractivity (Wildman–Crippen MR) is 75.3 cm³/mol. The van der Waals surface area contributed by atoms with Crippen molar-refractivity contribution in [3.63, 3.8) is 0 Å². The third-order valence-corrected chi connectivity index (χ3v) is 6.75. The van der Waals surface area contributed by atoms with Gasteiger partial charge in [-0.05, 0) is 23.4 Å². The molecule has 0 saturated heterocycles. The molecular weight excluding hydrogens is 230 g/mol. The first-order chi connectivity index (χ1) is 8.09. The number of hydrogen-bond donors (Lipinski definition) is 0. The fourth-order valence-electron chi connectivity index (χ4n) is 2.01. The van der Waals surface area contributed by atoms with Crippen LogP contribution in [-0.4, -0.2) is 36.9 Å². The summed E-state index contributed by atoms with van der Waals surface area (Å²) in [4.78, 5) is 2.09. The summed E-state index contributed by atoms with van der Waals surface area (Å²) >= 11 is 0. The molecule has 0 heterocycles. The van der Waals surface area contributed by atoms with Gasteiger partial charge < -0.3 is 13.8 Å². The van der Waals surface area contributed by atoms with Gasteiger partial charge in [0, 0.05) is 34.0 Å². The third-order valence-electron chi connectivity index (χ3n) is 3.06. The second-order valence-corrected chi connectivity index (χ2v) is 7.75. The third kappa shape index (κ3) is 3.09. The van der Waals surface area contributed by atoms with E-state index >= 15 is 0 Å². The maximum Gasteiger partial charge on any atom is 0.371 e. The fraction of sp³-hybridized carbons (Fsp3) is 0.538. The molecule has 0 N–H and O–H groups in total. The van der Waals surface area contributed by atoms with Crippen LogP contribution in [0.25, 0.3) is 0 Å².